The molecule has 0 heterocycles. The van der Waals surface area contributed by atoms with Crippen molar-refractivity contribution in [3.8, 4) is 0 Å². The average molecular weight is 308 g/mol. The molecule has 2 aliphatic rings. The zero-order valence-corrected chi connectivity index (χ0v) is 12.6. The van der Waals surface area contributed by atoms with E-state index in [1.807, 2.05) is 0 Å². The third kappa shape index (κ3) is 2.50. The summed E-state index contributed by atoms with van der Waals surface area (Å²) in [5.41, 5.74) is 1.37. The lowest BCUT2D eigenvalue weighted by Crippen LogP contribution is -2.35. The first-order valence-electron chi connectivity index (χ1n) is 7.21. The van der Waals surface area contributed by atoms with Gasteiger partial charge in [0.05, 0.1) is 0 Å². The lowest BCUT2D eigenvalue weighted by atomic mass is 9.84. The van der Waals surface area contributed by atoms with Gasteiger partial charge in [0.25, 0.3) is 0 Å². The number of benzene rings is 1. The van der Waals surface area contributed by atoms with Crippen LogP contribution in [-0.2, 0) is 6.54 Å². The van der Waals surface area contributed by atoms with E-state index in [-0.39, 0.29) is 0 Å². The zero-order valence-electron chi connectivity index (χ0n) is 11.0. The van der Waals surface area contributed by atoms with Crippen molar-refractivity contribution in [2.75, 3.05) is 0 Å². The first-order chi connectivity index (χ1) is 8.74. The van der Waals surface area contributed by atoms with Gasteiger partial charge in [-0.05, 0) is 55.6 Å². The Bertz CT molecular complexity index is 417. The highest BCUT2D eigenvalue weighted by Crippen LogP contribution is 2.49. The Balaban J connectivity index is 1.56. The molecule has 2 aliphatic carbocycles. The molecule has 18 heavy (non-hydrogen) atoms. The van der Waals surface area contributed by atoms with Crippen LogP contribution in [0.5, 0.6) is 0 Å². The molecule has 2 bridgehead atoms. The molecular formula is C16H22BrN. The Hall–Kier alpha value is -0.340. The predicted molar refractivity (Wildman–Crippen MR) is 79.4 cm³/mol. The van der Waals surface area contributed by atoms with Gasteiger partial charge in [-0.2, -0.15) is 0 Å². The van der Waals surface area contributed by atoms with Crippen LogP contribution < -0.4 is 5.32 Å². The minimum Gasteiger partial charge on any atom is -0.310 e. The summed E-state index contributed by atoms with van der Waals surface area (Å²) in [5.74, 6) is 2.98. The van der Waals surface area contributed by atoms with Gasteiger partial charge in [0.15, 0.2) is 0 Å². The van der Waals surface area contributed by atoms with Gasteiger partial charge in [0.2, 0.25) is 0 Å². The minimum atomic E-state index is 0.660. The Morgan fingerprint density at radius 3 is 2.78 bits per heavy atom. The Morgan fingerprint density at radius 1 is 1.28 bits per heavy atom. The molecule has 1 aromatic rings. The summed E-state index contributed by atoms with van der Waals surface area (Å²) >= 11 is 3.62. The smallest absolute Gasteiger partial charge is 0.0220 e. The first-order valence-corrected chi connectivity index (χ1v) is 8.00. The maximum Gasteiger partial charge on any atom is 0.0220 e. The average Bonchev–Trinajstić information content (AvgIpc) is 2.99. The predicted octanol–water partition coefficient (Wildman–Crippen LogP) is 4.36. The summed E-state index contributed by atoms with van der Waals surface area (Å²) in [6, 6.07) is 9.17. The van der Waals surface area contributed by atoms with Crippen molar-refractivity contribution < 1.29 is 0 Å². The van der Waals surface area contributed by atoms with Gasteiger partial charge in [0, 0.05) is 17.1 Å². The van der Waals surface area contributed by atoms with Crippen LogP contribution >= 0.6 is 15.9 Å². The summed E-state index contributed by atoms with van der Waals surface area (Å²) < 4.78 is 1.22. The van der Waals surface area contributed by atoms with Crippen LogP contribution in [0, 0.1) is 17.8 Å². The summed E-state index contributed by atoms with van der Waals surface area (Å²) in [7, 11) is 0. The number of rotatable bonds is 4. The molecule has 0 aromatic heterocycles. The van der Waals surface area contributed by atoms with Gasteiger partial charge >= 0.3 is 0 Å². The largest absolute Gasteiger partial charge is 0.310 e. The van der Waals surface area contributed by atoms with Gasteiger partial charge in [-0.15, -0.1) is 0 Å². The van der Waals surface area contributed by atoms with Crippen molar-refractivity contribution in [3.05, 3.63) is 34.3 Å². The third-order valence-corrected chi connectivity index (χ3v) is 5.78. The van der Waals surface area contributed by atoms with Crippen molar-refractivity contribution in [3.63, 3.8) is 0 Å². The Labute approximate surface area is 118 Å². The molecule has 0 aliphatic heterocycles. The van der Waals surface area contributed by atoms with Crippen molar-refractivity contribution >= 4 is 15.9 Å². The molecule has 1 N–H and O–H groups in total. The summed E-state index contributed by atoms with van der Waals surface area (Å²) in [4.78, 5) is 0. The fourth-order valence-corrected chi connectivity index (χ4v) is 4.40. The molecule has 2 fully saturated rings. The van der Waals surface area contributed by atoms with Gasteiger partial charge in [-0.25, -0.2) is 0 Å². The molecule has 0 radical (unpaired) electrons. The molecule has 1 nitrogen and oxygen atoms in total. The van der Waals surface area contributed by atoms with Crippen LogP contribution in [0.15, 0.2) is 28.7 Å². The second-order valence-corrected chi connectivity index (χ2v) is 6.95. The van der Waals surface area contributed by atoms with Crippen LogP contribution in [0.4, 0.5) is 0 Å². The SMILES string of the molecule is C[C@H](NCc1ccccc1Br)[C@@H]1C[C@H]2CC[C@H]1C2. The molecule has 0 amide bonds. The van der Waals surface area contributed by atoms with E-state index in [1.165, 1.54) is 35.7 Å². The maximum absolute atomic E-state index is 3.74. The summed E-state index contributed by atoms with van der Waals surface area (Å²) in [6.45, 7) is 3.36. The van der Waals surface area contributed by atoms with Gasteiger partial charge < -0.3 is 5.32 Å². The molecular weight excluding hydrogens is 286 g/mol. The second-order valence-electron chi connectivity index (χ2n) is 6.10. The summed E-state index contributed by atoms with van der Waals surface area (Å²) in [6.07, 6.45) is 5.95. The highest BCUT2D eigenvalue weighted by atomic mass is 79.9. The van der Waals surface area contributed by atoms with Crippen molar-refractivity contribution in [2.24, 2.45) is 17.8 Å². The maximum atomic E-state index is 3.74. The summed E-state index contributed by atoms with van der Waals surface area (Å²) in [5, 5.41) is 3.74. The van der Waals surface area contributed by atoms with Crippen molar-refractivity contribution in [1.29, 1.82) is 0 Å². The molecule has 98 valence electrons. The van der Waals surface area contributed by atoms with Gasteiger partial charge in [0.1, 0.15) is 0 Å². The van der Waals surface area contributed by atoms with E-state index in [0.717, 1.165) is 24.3 Å². The third-order valence-electron chi connectivity index (χ3n) is 5.01. The highest BCUT2D eigenvalue weighted by molar-refractivity contribution is 9.10. The highest BCUT2D eigenvalue weighted by Gasteiger charge is 2.41. The fourth-order valence-electron chi connectivity index (χ4n) is 3.97. The van der Waals surface area contributed by atoms with Crippen LogP contribution in [0.2, 0.25) is 0 Å². The molecule has 2 heteroatoms. The molecule has 0 unspecified atom stereocenters. The molecule has 0 saturated heterocycles. The van der Waals surface area contributed by atoms with E-state index < -0.39 is 0 Å². The lowest BCUT2D eigenvalue weighted by molar-refractivity contribution is 0.259. The number of halogens is 1. The monoisotopic (exact) mass is 307 g/mol. The number of hydrogen-bond acceptors (Lipinski definition) is 1. The van der Waals surface area contributed by atoms with Crippen LogP contribution in [-0.4, -0.2) is 6.04 Å². The molecule has 0 spiro atoms. The van der Waals surface area contributed by atoms with E-state index in [0.29, 0.717) is 6.04 Å². The van der Waals surface area contributed by atoms with E-state index in [1.54, 1.807) is 0 Å². The topological polar surface area (TPSA) is 12.0 Å². The quantitative estimate of drug-likeness (QED) is 0.871. The Morgan fingerprint density at radius 2 is 2.11 bits per heavy atom. The van der Waals surface area contributed by atoms with E-state index in [2.05, 4.69) is 52.4 Å². The zero-order chi connectivity index (χ0) is 12.5. The molecule has 2 saturated carbocycles. The molecule has 3 rings (SSSR count). The van der Waals surface area contributed by atoms with Crippen LogP contribution in [0.1, 0.15) is 38.2 Å². The first kappa shape index (κ1) is 12.7. The van der Waals surface area contributed by atoms with Gasteiger partial charge in [-0.1, -0.05) is 40.5 Å². The number of fused-ring (bicyclic) bond motifs is 2. The lowest BCUT2D eigenvalue weighted by Gasteiger charge is -2.28. The van der Waals surface area contributed by atoms with Crippen molar-refractivity contribution in [1.82, 2.24) is 5.32 Å². The van der Waals surface area contributed by atoms with E-state index in [4.69, 9.17) is 0 Å². The molecule has 4 atom stereocenters. The van der Waals surface area contributed by atoms with Crippen molar-refractivity contribution in [2.45, 2.75) is 45.2 Å². The second kappa shape index (κ2) is 5.34. The van der Waals surface area contributed by atoms with Crippen LogP contribution in [0.25, 0.3) is 0 Å². The standard InChI is InChI=1S/C16H22BrN/c1-11(15-9-12-6-7-13(15)8-12)18-10-14-4-2-3-5-16(14)17/h2-5,11-13,15,18H,6-10H2,1H3/t11-,12-,13-,15-/m0/s1. The van der Waals surface area contributed by atoms with E-state index >= 15 is 0 Å². The van der Waals surface area contributed by atoms with Gasteiger partial charge in [-0.3, -0.25) is 0 Å². The normalized spacial score (nSPS) is 31.8. The molecule has 1 aromatic carbocycles. The van der Waals surface area contributed by atoms with E-state index in [9.17, 15) is 0 Å². The number of hydrogen-bond donors (Lipinski definition) is 1. The number of nitrogens with one attached hydrogen (secondary N) is 1. The Kier molecular flexibility index (Phi) is 3.76. The van der Waals surface area contributed by atoms with Crippen LogP contribution in [0.3, 0.4) is 0 Å². The minimum absolute atomic E-state index is 0.660. The fraction of sp³-hybridized carbons (Fsp3) is 0.625.